The number of primary amides is 1. The molecule has 0 bridgehead atoms. The van der Waals surface area contributed by atoms with E-state index in [1.165, 1.54) is 17.0 Å². The zero-order valence-electron chi connectivity index (χ0n) is 8.16. The van der Waals surface area contributed by atoms with Gasteiger partial charge in [-0.1, -0.05) is 6.07 Å². The van der Waals surface area contributed by atoms with Crippen LogP contribution in [0.1, 0.15) is 0 Å². The van der Waals surface area contributed by atoms with Crippen LogP contribution in [0.3, 0.4) is 0 Å². The Morgan fingerprint density at radius 1 is 1.56 bits per heavy atom. The van der Waals surface area contributed by atoms with Gasteiger partial charge in [0.15, 0.2) is 0 Å². The summed E-state index contributed by atoms with van der Waals surface area (Å²) < 4.78 is 1.37. The highest BCUT2D eigenvalue weighted by Gasteiger charge is 2.16. The van der Waals surface area contributed by atoms with Crippen LogP contribution in [0, 0.1) is 10.1 Å². The Morgan fingerprint density at radius 3 is 2.94 bits per heavy atom. The molecule has 2 aromatic rings. The van der Waals surface area contributed by atoms with E-state index in [1.807, 2.05) is 0 Å². The molecule has 0 aliphatic carbocycles. The van der Waals surface area contributed by atoms with E-state index in [4.69, 9.17) is 5.73 Å². The van der Waals surface area contributed by atoms with Crippen LogP contribution in [-0.4, -0.2) is 20.4 Å². The number of nitro groups is 1. The van der Waals surface area contributed by atoms with Crippen molar-refractivity contribution in [2.24, 2.45) is 5.73 Å². The van der Waals surface area contributed by atoms with Crippen molar-refractivity contribution in [1.82, 2.24) is 9.55 Å². The molecule has 1 amide bonds. The van der Waals surface area contributed by atoms with E-state index >= 15 is 0 Å². The normalized spacial score (nSPS) is 10.5. The van der Waals surface area contributed by atoms with Gasteiger partial charge in [-0.25, -0.2) is 4.98 Å². The van der Waals surface area contributed by atoms with Crippen LogP contribution in [0.5, 0.6) is 0 Å². The summed E-state index contributed by atoms with van der Waals surface area (Å²) in [4.78, 5) is 25.0. The number of imidazole rings is 1. The van der Waals surface area contributed by atoms with Gasteiger partial charge in [0, 0.05) is 6.07 Å². The van der Waals surface area contributed by atoms with Crippen molar-refractivity contribution in [3.8, 4) is 0 Å². The standard InChI is InChI=1S/C9H8N4O3/c10-8(14)4-12-5-11-6-2-1-3-7(9(6)12)13(15)16/h1-3,5H,4H2,(H2,10,14). The fraction of sp³-hybridized carbons (Fsp3) is 0.111. The molecular weight excluding hydrogens is 212 g/mol. The number of hydrogen-bond donors (Lipinski definition) is 1. The number of carbonyl (C=O) groups is 1. The highest BCUT2D eigenvalue weighted by atomic mass is 16.6. The second kappa shape index (κ2) is 3.61. The molecule has 7 nitrogen and oxygen atoms in total. The molecule has 0 spiro atoms. The summed E-state index contributed by atoms with van der Waals surface area (Å²) in [5.74, 6) is -0.572. The summed E-state index contributed by atoms with van der Waals surface area (Å²) >= 11 is 0. The van der Waals surface area contributed by atoms with Gasteiger partial charge in [0.2, 0.25) is 5.91 Å². The number of rotatable bonds is 3. The monoisotopic (exact) mass is 220 g/mol. The van der Waals surface area contributed by atoms with E-state index in [0.717, 1.165) is 0 Å². The number of para-hydroxylation sites is 1. The Bertz CT molecular complexity index is 575. The van der Waals surface area contributed by atoms with Gasteiger partial charge >= 0.3 is 0 Å². The third kappa shape index (κ3) is 1.58. The molecule has 82 valence electrons. The number of nitrogens with zero attached hydrogens (tertiary/aromatic N) is 3. The highest BCUT2D eigenvalue weighted by Crippen LogP contribution is 2.24. The Labute approximate surface area is 89.6 Å². The zero-order valence-corrected chi connectivity index (χ0v) is 8.16. The van der Waals surface area contributed by atoms with Crippen molar-refractivity contribution >= 4 is 22.6 Å². The Balaban J connectivity index is 2.67. The maximum atomic E-state index is 10.8. The maximum Gasteiger partial charge on any atom is 0.295 e. The second-order valence-corrected chi connectivity index (χ2v) is 3.24. The van der Waals surface area contributed by atoms with Gasteiger partial charge in [0.1, 0.15) is 12.1 Å². The lowest BCUT2D eigenvalue weighted by Crippen LogP contribution is -2.18. The molecule has 7 heteroatoms. The van der Waals surface area contributed by atoms with Gasteiger partial charge in [-0.3, -0.25) is 14.9 Å². The quantitative estimate of drug-likeness (QED) is 0.598. The van der Waals surface area contributed by atoms with Gasteiger partial charge in [-0.15, -0.1) is 0 Å². The Hall–Kier alpha value is -2.44. The lowest BCUT2D eigenvalue weighted by atomic mass is 10.2. The molecule has 0 saturated carbocycles. The Kier molecular flexibility index (Phi) is 2.28. The summed E-state index contributed by atoms with van der Waals surface area (Å²) in [5.41, 5.74) is 5.74. The number of nitrogens with two attached hydrogens (primary N) is 1. The van der Waals surface area contributed by atoms with Gasteiger partial charge in [-0.2, -0.15) is 0 Å². The van der Waals surface area contributed by atoms with Crippen LogP contribution in [0.25, 0.3) is 11.0 Å². The maximum absolute atomic E-state index is 10.8. The lowest BCUT2D eigenvalue weighted by molar-refractivity contribution is -0.383. The number of amides is 1. The van der Waals surface area contributed by atoms with E-state index in [9.17, 15) is 14.9 Å². The third-order valence-electron chi connectivity index (χ3n) is 2.14. The topological polar surface area (TPSA) is 104 Å². The summed E-state index contributed by atoms with van der Waals surface area (Å²) in [6.07, 6.45) is 1.36. The van der Waals surface area contributed by atoms with E-state index in [-0.39, 0.29) is 12.2 Å². The van der Waals surface area contributed by atoms with Crippen molar-refractivity contribution in [2.45, 2.75) is 6.54 Å². The molecule has 1 aromatic carbocycles. The fourth-order valence-corrected chi connectivity index (χ4v) is 1.54. The second-order valence-electron chi connectivity index (χ2n) is 3.24. The predicted molar refractivity (Wildman–Crippen MR) is 55.6 cm³/mol. The number of benzene rings is 1. The van der Waals surface area contributed by atoms with Crippen molar-refractivity contribution in [2.75, 3.05) is 0 Å². The van der Waals surface area contributed by atoms with Crippen LogP contribution in [0.4, 0.5) is 5.69 Å². The minimum Gasteiger partial charge on any atom is -0.368 e. The lowest BCUT2D eigenvalue weighted by Gasteiger charge is -2.00. The molecule has 0 radical (unpaired) electrons. The van der Waals surface area contributed by atoms with Crippen LogP contribution in [-0.2, 0) is 11.3 Å². The number of nitro benzene ring substituents is 1. The van der Waals surface area contributed by atoms with E-state index in [2.05, 4.69) is 4.98 Å². The average Bonchev–Trinajstić information content (AvgIpc) is 2.60. The summed E-state index contributed by atoms with van der Waals surface area (Å²) in [7, 11) is 0. The van der Waals surface area contributed by atoms with Crippen molar-refractivity contribution in [3.63, 3.8) is 0 Å². The zero-order chi connectivity index (χ0) is 11.7. The molecule has 2 N–H and O–H groups in total. The first-order chi connectivity index (χ1) is 7.59. The number of non-ortho nitro benzene ring substituents is 1. The first-order valence-electron chi connectivity index (χ1n) is 4.46. The minimum atomic E-state index is -0.572. The fourth-order valence-electron chi connectivity index (χ4n) is 1.54. The van der Waals surface area contributed by atoms with E-state index < -0.39 is 10.8 Å². The van der Waals surface area contributed by atoms with Gasteiger partial charge in [0.05, 0.1) is 16.8 Å². The molecule has 2 rings (SSSR count). The van der Waals surface area contributed by atoms with Crippen LogP contribution < -0.4 is 5.73 Å². The SMILES string of the molecule is NC(=O)Cn1cnc2cccc([N+](=O)[O-])c21. The van der Waals surface area contributed by atoms with Gasteiger partial charge in [-0.05, 0) is 6.07 Å². The molecule has 0 aliphatic rings. The Morgan fingerprint density at radius 2 is 2.31 bits per heavy atom. The molecule has 1 aromatic heterocycles. The molecule has 0 saturated heterocycles. The molecule has 0 fully saturated rings. The molecule has 0 unspecified atom stereocenters. The number of fused-ring (bicyclic) bond motifs is 1. The van der Waals surface area contributed by atoms with Gasteiger partial charge in [0.25, 0.3) is 5.69 Å². The van der Waals surface area contributed by atoms with E-state index in [0.29, 0.717) is 11.0 Å². The summed E-state index contributed by atoms with van der Waals surface area (Å²) in [6, 6.07) is 4.55. The first-order valence-corrected chi connectivity index (χ1v) is 4.46. The van der Waals surface area contributed by atoms with Crippen LogP contribution in [0.2, 0.25) is 0 Å². The first kappa shape index (κ1) is 10.1. The smallest absolute Gasteiger partial charge is 0.295 e. The number of aromatic nitrogens is 2. The van der Waals surface area contributed by atoms with Crippen LogP contribution in [0.15, 0.2) is 24.5 Å². The number of hydrogen-bond acceptors (Lipinski definition) is 4. The average molecular weight is 220 g/mol. The predicted octanol–water partition coefficient (Wildman–Crippen LogP) is 0.430. The number of carbonyl (C=O) groups excluding carboxylic acids is 1. The molecule has 0 aliphatic heterocycles. The summed E-state index contributed by atoms with van der Waals surface area (Å²) in [6.45, 7) is -0.124. The van der Waals surface area contributed by atoms with Crippen molar-refractivity contribution in [3.05, 3.63) is 34.6 Å². The molecular formula is C9H8N4O3. The van der Waals surface area contributed by atoms with Crippen LogP contribution >= 0.6 is 0 Å². The third-order valence-corrected chi connectivity index (χ3v) is 2.14. The largest absolute Gasteiger partial charge is 0.368 e. The highest BCUT2D eigenvalue weighted by molar-refractivity contribution is 5.86. The van der Waals surface area contributed by atoms with Crippen molar-refractivity contribution < 1.29 is 9.72 Å². The van der Waals surface area contributed by atoms with Gasteiger partial charge < -0.3 is 10.3 Å². The van der Waals surface area contributed by atoms with Crippen molar-refractivity contribution in [1.29, 1.82) is 0 Å². The molecule has 1 heterocycles. The molecule has 16 heavy (non-hydrogen) atoms. The summed E-state index contributed by atoms with van der Waals surface area (Å²) in [5, 5.41) is 10.8. The molecule has 0 atom stereocenters. The van der Waals surface area contributed by atoms with E-state index in [1.54, 1.807) is 12.1 Å². The minimum absolute atomic E-state index is 0.0868.